The first-order valence-corrected chi connectivity index (χ1v) is 4.92. The Hall–Kier alpha value is -1.12. The van der Waals surface area contributed by atoms with Crippen LogP contribution in [0.3, 0.4) is 0 Å². The number of rotatable bonds is 1. The minimum Gasteiger partial charge on any atom is -0.385 e. The number of aryl methyl sites for hydroxylation is 1. The normalized spacial score (nSPS) is 15.9. The molecule has 0 radical (unpaired) electrons. The molecular weight excluding hydrogens is 184 g/mol. The average Bonchev–Trinajstić information content (AvgIpc) is 2.41. The lowest BCUT2D eigenvalue weighted by molar-refractivity contribution is 0.151. The minimum atomic E-state index is -2.37. The second-order valence-corrected chi connectivity index (χ2v) is 3.60. The highest BCUT2D eigenvalue weighted by atomic mass is 19.3. The topological polar surface area (TPSA) is 12.0 Å². The summed E-state index contributed by atoms with van der Waals surface area (Å²) in [6.07, 6.45) is 0.865. The average molecular weight is 197 g/mol. The Balaban J connectivity index is 2.32. The van der Waals surface area contributed by atoms with Gasteiger partial charge < -0.3 is 5.32 Å². The van der Waals surface area contributed by atoms with Crippen molar-refractivity contribution in [2.75, 3.05) is 11.9 Å². The van der Waals surface area contributed by atoms with Gasteiger partial charge in [-0.1, -0.05) is 12.1 Å². The van der Waals surface area contributed by atoms with E-state index in [1.807, 2.05) is 6.07 Å². The number of fused-ring (bicyclic) bond motifs is 1. The zero-order chi connectivity index (χ0) is 9.97. The molecule has 1 heterocycles. The molecule has 0 bridgehead atoms. The van der Waals surface area contributed by atoms with E-state index in [9.17, 15) is 8.78 Å². The van der Waals surface area contributed by atoms with E-state index < -0.39 is 6.43 Å². The molecule has 0 saturated carbocycles. The molecule has 3 heteroatoms. The summed E-state index contributed by atoms with van der Waals surface area (Å²) < 4.78 is 24.8. The van der Waals surface area contributed by atoms with Gasteiger partial charge in [0.05, 0.1) is 0 Å². The smallest absolute Gasteiger partial charge is 0.263 e. The predicted octanol–water partition coefficient (Wildman–Crippen LogP) is 3.37. The fourth-order valence-corrected chi connectivity index (χ4v) is 1.78. The van der Waals surface area contributed by atoms with Crippen LogP contribution in [0, 0.1) is 0 Å². The third-order valence-corrected chi connectivity index (χ3v) is 2.57. The van der Waals surface area contributed by atoms with Gasteiger partial charge in [0.15, 0.2) is 0 Å². The van der Waals surface area contributed by atoms with E-state index in [-0.39, 0.29) is 5.56 Å². The van der Waals surface area contributed by atoms with Crippen LogP contribution in [-0.4, -0.2) is 6.54 Å². The summed E-state index contributed by atoms with van der Waals surface area (Å²) in [5, 5.41) is 3.19. The summed E-state index contributed by atoms with van der Waals surface area (Å²) in [5.74, 6) is 0. The van der Waals surface area contributed by atoms with E-state index >= 15 is 0 Å². The maximum absolute atomic E-state index is 12.4. The largest absolute Gasteiger partial charge is 0.385 e. The van der Waals surface area contributed by atoms with E-state index in [1.54, 1.807) is 6.07 Å². The van der Waals surface area contributed by atoms with Crippen LogP contribution in [0.2, 0.25) is 0 Å². The highest BCUT2D eigenvalue weighted by Gasteiger charge is 2.12. The molecule has 0 unspecified atom stereocenters. The van der Waals surface area contributed by atoms with Crippen LogP contribution >= 0.6 is 0 Å². The van der Waals surface area contributed by atoms with Crippen molar-refractivity contribution >= 4 is 5.69 Å². The Labute approximate surface area is 82.1 Å². The fraction of sp³-hybridized carbons (Fsp3) is 0.455. The molecule has 1 aliphatic rings. The fourth-order valence-electron chi connectivity index (χ4n) is 1.78. The molecule has 0 amide bonds. The van der Waals surface area contributed by atoms with Gasteiger partial charge in [-0.3, -0.25) is 0 Å². The Morgan fingerprint density at radius 3 is 2.86 bits per heavy atom. The van der Waals surface area contributed by atoms with Gasteiger partial charge in [-0.15, -0.1) is 0 Å². The number of alkyl halides is 2. The Bertz CT molecular complexity index is 323. The predicted molar refractivity (Wildman–Crippen MR) is 52.8 cm³/mol. The van der Waals surface area contributed by atoms with Gasteiger partial charge in [0.2, 0.25) is 0 Å². The van der Waals surface area contributed by atoms with Gasteiger partial charge in [0.25, 0.3) is 6.43 Å². The van der Waals surface area contributed by atoms with Crippen molar-refractivity contribution in [1.29, 1.82) is 0 Å². The molecule has 76 valence electrons. The molecule has 1 nitrogen and oxygen atoms in total. The number of hydrogen-bond donors (Lipinski definition) is 1. The highest BCUT2D eigenvalue weighted by molar-refractivity contribution is 5.54. The van der Waals surface area contributed by atoms with Gasteiger partial charge >= 0.3 is 0 Å². The molecular formula is C11H13F2N. The molecule has 1 aromatic carbocycles. The third kappa shape index (κ3) is 1.86. The molecule has 0 saturated heterocycles. The van der Waals surface area contributed by atoms with Crippen molar-refractivity contribution in [2.24, 2.45) is 0 Å². The van der Waals surface area contributed by atoms with Gasteiger partial charge in [-0.2, -0.15) is 0 Å². The second kappa shape index (κ2) is 3.95. The van der Waals surface area contributed by atoms with Crippen LogP contribution < -0.4 is 5.32 Å². The van der Waals surface area contributed by atoms with Crippen molar-refractivity contribution in [3.8, 4) is 0 Å². The van der Waals surface area contributed by atoms with Gasteiger partial charge in [0, 0.05) is 17.8 Å². The monoisotopic (exact) mass is 197 g/mol. The van der Waals surface area contributed by atoms with Crippen molar-refractivity contribution in [2.45, 2.75) is 25.7 Å². The third-order valence-electron chi connectivity index (χ3n) is 2.57. The summed E-state index contributed by atoms with van der Waals surface area (Å²) in [6.45, 7) is 0.889. The lowest BCUT2D eigenvalue weighted by Gasteiger charge is -2.09. The first kappa shape index (κ1) is 9.44. The summed E-state index contributed by atoms with van der Waals surface area (Å²) in [5.41, 5.74) is 2.16. The standard InChI is InChI=1S/C11H13F2N/c12-11(13)9-5-4-8-3-1-2-6-14-10(8)7-9/h4-5,7,11,14H,1-3,6H2. The number of benzene rings is 1. The summed E-state index contributed by atoms with van der Waals surface area (Å²) >= 11 is 0. The maximum Gasteiger partial charge on any atom is 0.263 e. The maximum atomic E-state index is 12.4. The van der Waals surface area contributed by atoms with Crippen LogP contribution in [0.4, 0.5) is 14.5 Å². The van der Waals surface area contributed by atoms with E-state index in [2.05, 4.69) is 5.32 Å². The summed E-state index contributed by atoms with van der Waals surface area (Å²) in [7, 11) is 0. The number of anilines is 1. The zero-order valence-corrected chi connectivity index (χ0v) is 7.89. The van der Waals surface area contributed by atoms with Crippen LogP contribution in [0.25, 0.3) is 0 Å². The van der Waals surface area contributed by atoms with Crippen LogP contribution in [-0.2, 0) is 6.42 Å². The van der Waals surface area contributed by atoms with Crippen molar-refractivity contribution in [3.63, 3.8) is 0 Å². The van der Waals surface area contributed by atoms with Crippen LogP contribution in [0.1, 0.15) is 30.4 Å². The van der Waals surface area contributed by atoms with Crippen LogP contribution in [0.5, 0.6) is 0 Å². The SMILES string of the molecule is FC(F)c1ccc2c(c1)NCCCC2. The molecule has 0 aliphatic carbocycles. The molecule has 0 spiro atoms. The molecule has 2 rings (SSSR count). The molecule has 1 aliphatic heterocycles. The molecule has 1 aromatic rings. The highest BCUT2D eigenvalue weighted by Crippen LogP contribution is 2.27. The Morgan fingerprint density at radius 1 is 1.21 bits per heavy atom. The Kier molecular flexibility index (Phi) is 2.66. The Morgan fingerprint density at radius 2 is 2.07 bits per heavy atom. The minimum absolute atomic E-state index is 0.109. The van der Waals surface area contributed by atoms with E-state index in [0.29, 0.717) is 0 Å². The summed E-state index contributed by atoms with van der Waals surface area (Å²) in [6, 6.07) is 4.91. The van der Waals surface area contributed by atoms with Crippen LogP contribution in [0.15, 0.2) is 18.2 Å². The van der Waals surface area contributed by atoms with Gasteiger partial charge in [-0.05, 0) is 30.9 Å². The quantitative estimate of drug-likeness (QED) is 0.727. The van der Waals surface area contributed by atoms with E-state index in [1.165, 1.54) is 6.07 Å². The zero-order valence-electron chi connectivity index (χ0n) is 7.89. The summed E-state index contributed by atoms with van der Waals surface area (Å²) in [4.78, 5) is 0. The van der Waals surface area contributed by atoms with Gasteiger partial charge in [-0.25, -0.2) is 8.78 Å². The number of nitrogens with one attached hydrogen (secondary N) is 1. The molecule has 14 heavy (non-hydrogen) atoms. The van der Waals surface area contributed by atoms with E-state index in [4.69, 9.17) is 0 Å². The second-order valence-electron chi connectivity index (χ2n) is 3.60. The van der Waals surface area contributed by atoms with Crippen molar-refractivity contribution in [3.05, 3.63) is 29.3 Å². The first-order chi connectivity index (χ1) is 6.77. The molecule has 1 N–H and O–H groups in total. The lowest BCUT2D eigenvalue weighted by atomic mass is 10.1. The number of halogens is 2. The van der Waals surface area contributed by atoms with Crippen molar-refractivity contribution in [1.82, 2.24) is 0 Å². The molecule has 0 atom stereocenters. The van der Waals surface area contributed by atoms with E-state index in [0.717, 1.165) is 37.1 Å². The first-order valence-electron chi connectivity index (χ1n) is 4.92. The molecule has 0 aromatic heterocycles. The van der Waals surface area contributed by atoms with Gasteiger partial charge in [0.1, 0.15) is 0 Å². The number of hydrogen-bond acceptors (Lipinski definition) is 1. The molecule has 0 fully saturated rings. The van der Waals surface area contributed by atoms with Crippen molar-refractivity contribution < 1.29 is 8.78 Å². The lowest BCUT2D eigenvalue weighted by Crippen LogP contribution is -2.00.